The molecular weight excluding hydrogens is 310 g/mol. The molecule has 1 aromatic carbocycles. The normalized spacial score (nSPS) is 35.9. The van der Waals surface area contributed by atoms with E-state index in [-0.39, 0.29) is 18.4 Å². The Balaban J connectivity index is 1.85. The van der Waals surface area contributed by atoms with Crippen LogP contribution in [-0.4, -0.2) is 37.7 Å². The van der Waals surface area contributed by atoms with Crippen LogP contribution in [0.1, 0.15) is 18.5 Å². The Kier molecular flexibility index (Phi) is 3.91. The Hall–Kier alpha value is -0.460. The molecule has 0 N–H and O–H groups in total. The largest absolute Gasteiger partial charge is 0.353 e. The van der Waals surface area contributed by atoms with E-state index in [4.69, 9.17) is 14.3 Å². The summed E-state index contributed by atoms with van der Waals surface area (Å²) in [5.74, 6) is 0.302. The Morgan fingerprint density at radius 3 is 2.58 bits per heavy atom. The van der Waals surface area contributed by atoms with Gasteiger partial charge in [0, 0.05) is 17.4 Å². The molecule has 0 aliphatic carbocycles. The van der Waals surface area contributed by atoms with Crippen LogP contribution in [0, 0.1) is 5.92 Å². The van der Waals surface area contributed by atoms with Crippen LogP contribution >= 0.6 is 15.9 Å². The van der Waals surface area contributed by atoms with Gasteiger partial charge >= 0.3 is 0 Å². The molecule has 2 heterocycles. The summed E-state index contributed by atoms with van der Waals surface area (Å²) in [6, 6.07) is 8.60. The van der Waals surface area contributed by atoms with E-state index < -0.39 is 0 Å². The molecule has 0 spiro atoms. The zero-order chi connectivity index (χ0) is 13.4. The summed E-state index contributed by atoms with van der Waals surface area (Å²) in [6.45, 7) is 3.18. The van der Waals surface area contributed by atoms with Crippen molar-refractivity contribution in [2.24, 2.45) is 5.92 Å². The average molecular weight is 328 g/mol. The number of benzene rings is 1. The molecule has 1 aromatic rings. The second-order valence-corrected chi connectivity index (χ2v) is 6.00. The molecule has 19 heavy (non-hydrogen) atoms. The lowest BCUT2D eigenvalue weighted by molar-refractivity contribution is -0.180. The molecule has 104 valence electrons. The maximum Gasteiger partial charge on any atom is 0.154 e. The van der Waals surface area contributed by atoms with E-state index in [1.807, 2.05) is 19.0 Å². The van der Waals surface area contributed by atoms with Gasteiger partial charge in [0.1, 0.15) is 6.10 Å². The molecule has 4 nitrogen and oxygen atoms in total. The van der Waals surface area contributed by atoms with Gasteiger partial charge in [-0.1, -0.05) is 28.1 Å². The van der Waals surface area contributed by atoms with Crippen molar-refractivity contribution in [3.05, 3.63) is 34.3 Å². The molecule has 2 saturated heterocycles. The van der Waals surface area contributed by atoms with Crippen LogP contribution in [0.2, 0.25) is 0 Å². The first-order chi connectivity index (χ1) is 9.15. The fraction of sp³-hybridized carbons (Fsp3) is 0.571. The number of hydroxylamine groups is 2. The number of ether oxygens (including phenoxy) is 2. The van der Waals surface area contributed by atoms with E-state index in [2.05, 4.69) is 40.2 Å². The first-order valence-electron chi connectivity index (χ1n) is 6.53. The van der Waals surface area contributed by atoms with Crippen LogP contribution in [0.15, 0.2) is 28.7 Å². The van der Waals surface area contributed by atoms with E-state index in [0.29, 0.717) is 19.1 Å². The fourth-order valence-corrected chi connectivity index (χ4v) is 3.09. The second-order valence-electron chi connectivity index (χ2n) is 5.08. The summed E-state index contributed by atoms with van der Waals surface area (Å²) in [7, 11) is 1.98. The Morgan fingerprint density at radius 1 is 1.16 bits per heavy atom. The standard InChI is InChI=1S/C14H18BrNO3/c1-9-17-7-12-13(8-18-9)19-16(2)14(12)10-3-5-11(15)6-4-10/h3-6,9,12-14H,7-8H2,1-2H3/t9-,12+,13-,14+/m0/s1. The van der Waals surface area contributed by atoms with Crippen molar-refractivity contribution in [2.75, 3.05) is 20.3 Å². The summed E-state index contributed by atoms with van der Waals surface area (Å²) < 4.78 is 12.4. The van der Waals surface area contributed by atoms with Gasteiger partial charge in [0.05, 0.1) is 19.3 Å². The van der Waals surface area contributed by atoms with Gasteiger partial charge in [0.15, 0.2) is 6.29 Å². The van der Waals surface area contributed by atoms with Gasteiger partial charge in [-0.25, -0.2) is 0 Å². The van der Waals surface area contributed by atoms with Crippen molar-refractivity contribution in [3.63, 3.8) is 0 Å². The van der Waals surface area contributed by atoms with Crippen molar-refractivity contribution in [1.29, 1.82) is 0 Å². The minimum absolute atomic E-state index is 0.0728. The number of nitrogens with zero attached hydrogens (tertiary/aromatic N) is 1. The van der Waals surface area contributed by atoms with Crippen molar-refractivity contribution in [2.45, 2.75) is 25.4 Å². The Morgan fingerprint density at radius 2 is 1.84 bits per heavy atom. The summed E-state index contributed by atoms with van der Waals surface area (Å²) in [5, 5.41) is 1.93. The predicted octanol–water partition coefficient (Wildman–Crippen LogP) is 2.74. The minimum Gasteiger partial charge on any atom is -0.353 e. The molecule has 0 radical (unpaired) electrons. The van der Waals surface area contributed by atoms with Gasteiger partial charge in [-0.2, -0.15) is 5.06 Å². The fourth-order valence-electron chi connectivity index (χ4n) is 2.82. The number of hydrogen-bond acceptors (Lipinski definition) is 4. The topological polar surface area (TPSA) is 30.9 Å². The molecule has 0 saturated carbocycles. The summed E-state index contributed by atoms with van der Waals surface area (Å²) in [5.41, 5.74) is 1.25. The highest BCUT2D eigenvalue weighted by Crippen LogP contribution is 2.40. The molecule has 3 rings (SSSR count). The SMILES string of the molecule is C[C@H]1OC[C@@H]2[C@H](CO1)ON(C)[C@@H]2c1ccc(Br)cc1. The highest BCUT2D eigenvalue weighted by atomic mass is 79.9. The van der Waals surface area contributed by atoms with Crippen molar-refractivity contribution < 1.29 is 14.3 Å². The number of rotatable bonds is 1. The summed E-state index contributed by atoms with van der Waals surface area (Å²) >= 11 is 3.47. The molecule has 0 unspecified atom stereocenters. The predicted molar refractivity (Wildman–Crippen MR) is 74.4 cm³/mol. The third kappa shape index (κ3) is 2.71. The van der Waals surface area contributed by atoms with E-state index in [1.165, 1.54) is 5.56 Å². The molecule has 4 atom stereocenters. The van der Waals surface area contributed by atoms with Gasteiger partial charge in [-0.3, -0.25) is 4.84 Å². The van der Waals surface area contributed by atoms with Crippen LogP contribution in [0.3, 0.4) is 0 Å². The Labute approximate surface area is 121 Å². The van der Waals surface area contributed by atoms with Crippen LogP contribution in [0.25, 0.3) is 0 Å². The van der Waals surface area contributed by atoms with E-state index >= 15 is 0 Å². The smallest absolute Gasteiger partial charge is 0.154 e. The summed E-state index contributed by atoms with van der Waals surface area (Å²) in [4.78, 5) is 5.91. The lowest BCUT2D eigenvalue weighted by atomic mass is 9.90. The van der Waals surface area contributed by atoms with E-state index in [0.717, 1.165) is 4.47 Å². The molecule has 2 fully saturated rings. The van der Waals surface area contributed by atoms with Crippen molar-refractivity contribution in [1.82, 2.24) is 5.06 Å². The maximum atomic E-state index is 5.91. The van der Waals surface area contributed by atoms with Gasteiger partial charge in [0.25, 0.3) is 0 Å². The van der Waals surface area contributed by atoms with Crippen LogP contribution in [0.4, 0.5) is 0 Å². The van der Waals surface area contributed by atoms with Gasteiger partial charge in [0.2, 0.25) is 0 Å². The van der Waals surface area contributed by atoms with Gasteiger partial charge < -0.3 is 9.47 Å². The zero-order valence-electron chi connectivity index (χ0n) is 11.1. The molecule has 0 amide bonds. The van der Waals surface area contributed by atoms with Crippen LogP contribution in [-0.2, 0) is 14.3 Å². The van der Waals surface area contributed by atoms with Crippen molar-refractivity contribution in [3.8, 4) is 0 Å². The first-order valence-corrected chi connectivity index (χ1v) is 7.32. The first kappa shape index (κ1) is 13.5. The van der Waals surface area contributed by atoms with E-state index in [9.17, 15) is 0 Å². The number of halogens is 1. The molecule has 0 bridgehead atoms. The van der Waals surface area contributed by atoms with Gasteiger partial charge in [-0.05, 0) is 24.6 Å². The van der Waals surface area contributed by atoms with Crippen LogP contribution in [0.5, 0.6) is 0 Å². The molecule has 2 aliphatic rings. The lowest BCUT2D eigenvalue weighted by Crippen LogP contribution is -2.25. The van der Waals surface area contributed by atoms with Gasteiger partial charge in [-0.15, -0.1) is 0 Å². The third-order valence-corrected chi connectivity index (χ3v) is 4.34. The quantitative estimate of drug-likeness (QED) is 0.793. The monoisotopic (exact) mass is 327 g/mol. The lowest BCUT2D eigenvalue weighted by Gasteiger charge is -2.23. The highest BCUT2D eigenvalue weighted by Gasteiger charge is 2.44. The Bertz CT molecular complexity index is 439. The minimum atomic E-state index is -0.148. The average Bonchev–Trinajstić information content (AvgIpc) is 2.60. The van der Waals surface area contributed by atoms with Crippen molar-refractivity contribution >= 4 is 15.9 Å². The number of fused-ring (bicyclic) bond motifs is 1. The molecule has 0 aromatic heterocycles. The van der Waals surface area contributed by atoms with E-state index in [1.54, 1.807) is 0 Å². The number of hydrogen-bond donors (Lipinski definition) is 0. The highest BCUT2D eigenvalue weighted by molar-refractivity contribution is 9.10. The second kappa shape index (κ2) is 5.50. The molecule has 5 heteroatoms. The molecular formula is C14H18BrNO3. The van der Waals surface area contributed by atoms with Crippen LogP contribution < -0.4 is 0 Å². The maximum absolute atomic E-state index is 5.91. The third-order valence-electron chi connectivity index (χ3n) is 3.81. The molecule has 2 aliphatic heterocycles. The summed E-state index contributed by atoms with van der Waals surface area (Å²) in [6.07, 6.45) is -0.0753. The zero-order valence-corrected chi connectivity index (χ0v) is 12.7.